The fourth-order valence-electron chi connectivity index (χ4n) is 1.74. The van der Waals surface area contributed by atoms with Crippen LogP contribution >= 0.6 is 11.8 Å². The summed E-state index contributed by atoms with van der Waals surface area (Å²) in [4.78, 5) is 0. The van der Waals surface area contributed by atoms with Gasteiger partial charge >= 0.3 is 0 Å². The zero-order chi connectivity index (χ0) is 11.8. The lowest BCUT2D eigenvalue weighted by atomic mass is 10.1. The fourth-order valence-corrected chi connectivity index (χ4v) is 2.52. The van der Waals surface area contributed by atoms with Crippen molar-refractivity contribution in [3.05, 3.63) is 35.4 Å². The highest BCUT2D eigenvalue weighted by molar-refractivity contribution is 7.99. The normalized spacial score (nSPS) is 12.7. The summed E-state index contributed by atoms with van der Waals surface area (Å²) in [5.41, 5.74) is 2.84. The average molecular weight is 237 g/mol. The zero-order valence-electron chi connectivity index (χ0n) is 10.6. The third-order valence-corrected chi connectivity index (χ3v) is 3.71. The lowest BCUT2D eigenvalue weighted by molar-refractivity contribution is 0.606. The van der Waals surface area contributed by atoms with Crippen LogP contribution in [-0.4, -0.2) is 18.1 Å². The molecule has 0 heterocycles. The number of nitrogens with one attached hydrogen (secondary N) is 1. The predicted molar refractivity (Wildman–Crippen MR) is 75.2 cm³/mol. The van der Waals surface area contributed by atoms with E-state index in [1.54, 1.807) is 0 Å². The minimum absolute atomic E-state index is 0.501. The van der Waals surface area contributed by atoms with Gasteiger partial charge < -0.3 is 5.32 Å². The minimum Gasteiger partial charge on any atom is -0.310 e. The van der Waals surface area contributed by atoms with Gasteiger partial charge in [-0.1, -0.05) is 45.0 Å². The molecule has 0 saturated heterocycles. The largest absolute Gasteiger partial charge is 0.310 e. The van der Waals surface area contributed by atoms with E-state index in [0.29, 0.717) is 6.04 Å². The van der Waals surface area contributed by atoms with E-state index in [9.17, 15) is 0 Å². The summed E-state index contributed by atoms with van der Waals surface area (Å²) in [5.74, 6) is 2.35. The van der Waals surface area contributed by atoms with Crippen molar-refractivity contribution in [1.29, 1.82) is 0 Å². The van der Waals surface area contributed by atoms with E-state index in [0.717, 1.165) is 18.7 Å². The van der Waals surface area contributed by atoms with Gasteiger partial charge in [0.2, 0.25) is 0 Å². The highest BCUT2D eigenvalue weighted by Crippen LogP contribution is 2.19. The van der Waals surface area contributed by atoms with Crippen molar-refractivity contribution in [1.82, 2.24) is 5.32 Å². The van der Waals surface area contributed by atoms with E-state index in [4.69, 9.17) is 0 Å². The molecule has 0 amide bonds. The highest BCUT2D eigenvalue weighted by atomic mass is 32.2. The van der Waals surface area contributed by atoms with E-state index in [1.807, 2.05) is 11.8 Å². The molecule has 1 nitrogen and oxygen atoms in total. The Balaban J connectivity index is 2.67. The number of rotatable bonds is 7. The molecule has 0 aliphatic rings. The van der Waals surface area contributed by atoms with Crippen molar-refractivity contribution in [3.63, 3.8) is 0 Å². The van der Waals surface area contributed by atoms with Gasteiger partial charge in [-0.2, -0.15) is 11.8 Å². The first-order chi connectivity index (χ1) is 7.81. The highest BCUT2D eigenvalue weighted by Gasteiger charge is 2.09. The van der Waals surface area contributed by atoms with E-state index in [2.05, 4.69) is 50.4 Å². The molecule has 1 rings (SSSR count). The van der Waals surface area contributed by atoms with Gasteiger partial charge in [-0.3, -0.25) is 0 Å². The van der Waals surface area contributed by atoms with Crippen LogP contribution in [0, 0.1) is 0 Å². The average Bonchev–Trinajstić information content (AvgIpc) is 2.35. The molecule has 1 N–H and O–H groups in total. The van der Waals surface area contributed by atoms with Gasteiger partial charge in [0.1, 0.15) is 0 Å². The molecule has 16 heavy (non-hydrogen) atoms. The topological polar surface area (TPSA) is 12.0 Å². The molecule has 0 radical (unpaired) electrons. The van der Waals surface area contributed by atoms with Gasteiger partial charge in [0, 0.05) is 11.8 Å². The van der Waals surface area contributed by atoms with Gasteiger partial charge in [-0.15, -0.1) is 0 Å². The number of benzene rings is 1. The molecule has 1 atom stereocenters. The summed E-state index contributed by atoms with van der Waals surface area (Å²) in [5, 5.41) is 3.55. The van der Waals surface area contributed by atoms with Crippen LogP contribution in [0.5, 0.6) is 0 Å². The molecule has 1 aromatic rings. The maximum Gasteiger partial charge on any atom is 0.0411 e. The van der Waals surface area contributed by atoms with Crippen LogP contribution in [0.2, 0.25) is 0 Å². The van der Waals surface area contributed by atoms with Gasteiger partial charge in [0.25, 0.3) is 0 Å². The smallest absolute Gasteiger partial charge is 0.0411 e. The molecule has 0 aliphatic heterocycles. The molecule has 0 saturated carbocycles. The van der Waals surface area contributed by atoms with Crippen LogP contribution in [0.4, 0.5) is 0 Å². The fraction of sp³-hybridized carbons (Fsp3) is 0.571. The predicted octanol–water partition coefficient (Wildman–Crippen LogP) is 3.65. The molecule has 0 aromatic heterocycles. The van der Waals surface area contributed by atoms with Crippen molar-refractivity contribution in [3.8, 4) is 0 Å². The summed E-state index contributed by atoms with van der Waals surface area (Å²) in [6, 6.07) is 9.53. The lowest BCUT2D eigenvalue weighted by Crippen LogP contribution is -2.23. The second-order valence-corrected chi connectivity index (χ2v) is 5.18. The van der Waals surface area contributed by atoms with E-state index in [-0.39, 0.29) is 0 Å². The van der Waals surface area contributed by atoms with Crippen molar-refractivity contribution in [2.45, 2.75) is 33.2 Å². The standard InChI is InChI=1S/C14H23NS/c1-4-12-7-9-13(10-8-12)14(15-5-2)11-16-6-3/h7-10,14-15H,4-6,11H2,1-3H3. The van der Waals surface area contributed by atoms with E-state index < -0.39 is 0 Å². The van der Waals surface area contributed by atoms with Crippen molar-refractivity contribution < 1.29 is 0 Å². The second kappa shape index (κ2) is 7.75. The summed E-state index contributed by atoms with van der Waals surface area (Å²) in [7, 11) is 0. The summed E-state index contributed by atoms with van der Waals surface area (Å²) in [6.07, 6.45) is 1.12. The Morgan fingerprint density at radius 3 is 2.31 bits per heavy atom. The molecule has 0 bridgehead atoms. The molecule has 1 aromatic carbocycles. The Bertz CT molecular complexity index is 281. The third-order valence-electron chi connectivity index (χ3n) is 2.73. The molecule has 0 fully saturated rings. The van der Waals surface area contributed by atoms with E-state index in [1.165, 1.54) is 16.9 Å². The van der Waals surface area contributed by atoms with Crippen LogP contribution in [0.1, 0.15) is 37.9 Å². The number of hydrogen-bond acceptors (Lipinski definition) is 2. The van der Waals surface area contributed by atoms with Crippen molar-refractivity contribution in [2.24, 2.45) is 0 Å². The van der Waals surface area contributed by atoms with Gasteiger partial charge in [-0.05, 0) is 29.8 Å². The Hall–Kier alpha value is -0.470. The van der Waals surface area contributed by atoms with Crippen LogP contribution in [0.15, 0.2) is 24.3 Å². The third kappa shape index (κ3) is 4.18. The Morgan fingerprint density at radius 2 is 1.81 bits per heavy atom. The summed E-state index contributed by atoms with van der Waals surface area (Å²) >= 11 is 2.00. The SMILES string of the molecule is CCNC(CSCC)c1ccc(CC)cc1. The molecular weight excluding hydrogens is 214 g/mol. The number of aryl methyl sites for hydroxylation is 1. The summed E-state index contributed by atoms with van der Waals surface area (Å²) < 4.78 is 0. The van der Waals surface area contributed by atoms with Crippen molar-refractivity contribution in [2.75, 3.05) is 18.1 Å². The molecule has 2 heteroatoms. The minimum atomic E-state index is 0.501. The maximum absolute atomic E-state index is 3.55. The molecule has 0 aliphatic carbocycles. The van der Waals surface area contributed by atoms with Crippen LogP contribution in [0.25, 0.3) is 0 Å². The Morgan fingerprint density at radius 1 is 1.12 bits per heavy atom. The zero-order valence-corrected chi connectivity index (χ0v) is 11.4. The van der Waals surface area contributed by atoms with Crippen LogP contribution in [0.3, 0.4) is 0 Å². The van der Waals surface area contributed by atoms with Gasteiger partial charge in [-0.25, -0.2) is 0 Å². The Kier molecular flexibility index (Phi) is 6.58. The maximum atomic E-state index is 3.55. The number of hydrogen-bond donors (Lipinski definition) is 1. The first-order valence-electron chi connectivity index (χ1n) is 6.21. The lowest BCUT2D eigenvalue weighted by Gasteiger charge is -2.18. The van der Waals surface area contributed by atoms with E-state index >= 15 is 0 Å². The first kappa shape index (κ1) is 13.6. The monoisotopic (exact) mass is 237 g/mol. The molecule has 1 unspecified atom stereocenters. The number of thioether (sulfide) groups is 1. The Labute approximate surface area is 104 Å². The first-order valence-corrected chi connectivity index (χ1v) is 7.37. The molecule has 90 valence electrons. The van der Waals surface area contributed by atoms with Crippen LogP contribution in [-0.2, 0) is 6.42 Å². The van der Waals surface area contributed by atoms with Crippen molar-refractivity contribution >= 4 is 11.8 Å². The molecule has 0 spiro atoms. The van der Waals surface area contributed by atoms with Gasteiger partial charge in [0.05, 0.1) is 0 Å². The second-order valence-electron chi connectivity index (χ2n) is 3.86. The van der Waals surface area contributed by atoms with Crippen LogP contribution < -0.4 is 5.32 Å². The van der Waals surface area contributed by atoms with Gasteiger partial charge in [0.15, 0.2) is 0 Å². The molecular formula is C14H23NS. The quantitative estimate of drug-likeness (QED) is 0.777. The summed E-state index contributed by atoms with van der Waals surface area (Å²) in [6.45, 7) is 7.62.